The number of likely N-dealkylation sites (tertiary alicyclic amines) is 1. The first-order valence-corrected chi connectivity index (χ1v) is 18.9. The van der Waals surface area contributed by atoms with Crippen molar-refractivity contribution in [1.82, 2.24) is 25.2 Å². The molecule has 55 heavy (non-hydrogen) atoms. The molecular formula is C43H48F2N6O4. The van der Waals surface area contributed by atoms with Gasteiger partial charge in [-0.1, -0.05) is 30.3 Å². The molecule has 4 heterocycles. The van der Waals surface area contributed by atoms with E-state index in [4.69, 9.17) is 4.74 Å². The van der Waals surface area contributed by atoms with E-state index >= 15 is 4.39 Å². The first-order valence-electron chi connectivity index (χ1n) is 18.9. The van der Waals surface area contributed by atoms with Crippen LogP contribution < -0.4 is 10.6 Å². The predicted molar refractivity (Wildman–Crippen MR) is 209 cm³/mol. The molecule has 12 heteroatoms. The summed E-state index contributed by atoms with van der Waals surface area (Å²) in [5.74, 6) is -2.17. The summed E-state index contributed by atoms with van der Waals surface area (Å²) in [4.78, 5) is 40.4. The van der Waals surface area contributed by atoms with Crippen molar-refractivity contribution >= 4 is 28.7 Å². The zero-order valence-corrected chi connectivity index (χ0v) is 32.0. The SMILES string of the molecule is Cc1c(NC(=O)c2ccc(C(C)(C)O)cc2F)cc(F)cc1-c1ncnc2[nH]c(-c3ccc(CC(C)(C)OC(=O)N4CCC5(CCNCC5)CC4)cc3)cc12. The molecule has 2 saturated heterocycles. The molecule has 4 N–H and O–H groups in total. The summed E-state index contributed by atoms with van der Waals surface area (Å²) in [7, 11) is 0. The van der Waals surface area contributed by atoms with Crippen LogP contribution in [-0.4, -0.2) is 68.7 Å². The van der Waals surface area contributed by atoms with E-state index in [2.05, 4.69) is 25.6 Å². The van der Waals surface area contributed by atoms with Crippen LogP contribution in [0.25, 0.3) is 33.5 Å². The van der Waals surface area contributed by atoms with Gasteiger partial charge in [0.2, 0.25) is 0 Å². The van der Waals surface area contributed by atoms with Gasteiger partial charge in [-0.15, -0.1) is 0 Å². The molecule has 2 aromatic heterocycles. The Morgan fingerprint density at radius 1 is 0.945 bits per heavy atom. The molecule has 2 aliphatic heterocycles. The molecule has 2 amide bonds. The smallest absolute Gasteiger partial charge is 0.410 e. The van der Waals surface area contributed by atoms with Gasteiger partial charge in [-0.3, -0.25) is 4.79 Å². The highest BCUT2D eigenvalue weighted by molar-refractivity contribution is 6.06. The third-order valence-electron chi connectivity index (χ3n) is 11.2. The number of ether oxygens (including phenoxy) is 1. The second-order valence-corrected chi connectivity index (χ2v) is 16.2. The first kappa shape index (κ1) is 38.1. The number of hydrogen-bond donors (Lipinski definition) is 4. The van der Waals surface area contributed by atoms with Crippen molar-refractivity contribution in [3.8, 4) is 22.5 Å². The number of nitrogens with one attached hydrogen (secondary N) is 3. The number of rotatable bonds is 8. The number of aromatic amines is 1. The van der Waals surface area contributed by atoms with Crippen LogP contribution >= 0.6 is 0 Å². The monoisotopic (exact) mass is 750 g/mol. The molecule has 10 nitrogen and oxygen atoms in total. The minimum absolute atomic E-state index is 0.166. The summed E-state index contributed by atoms with van der Waals surface area (Å²) in [5, 5.41) is 17.0. The van der Waals surface area contributed by atoms with Crippen LogP contribution in [0.15, 0.2) is 67.0 Å². The number of amides is 2. The lowest BCUT2D eigenvalue weighted by Gasteiger charge is -2.44. The quantitative estimate of drug-likeness (QED) is 0.126. The van der Waals surface area contributed by atoms with Crippen LogP contribution in [0.1, 0.15) is 80.4 Å². The van der Waals surface area contributed by atoms with Crippen LogP contribution in [0, 0.1) is 24.0 Å². The summed E-state index contributed by atoms with van der Waals surface area (Å²) in [6.07, 6.45) is 6.08. The van der Waals surface area contributed by atoms with E-state index in [-0.39, 0.29) is 17.3 Å². The van der Waals surface area contributed by atoms with Gasteiger partial charge in [0.1, 0.15) is 29.2 Å². The topological polar surface area (TPSA) is 132 Å². The number of aromatic nitrogens is 3. The number of hydrogen-bond acceptors (Lipinski definition) is 7. The Balaban J connectivity index is 1.05. The van der Waals surface area contributed by atoms with Gasteiger partial charge in [-0.2, -0.15) is 0 Å². The molecule has 2 fully saturated rings. The molecule has 0 radical (unpaired) electrons. The standard InChI is InChI=1S/C43H48F2N6O4/c1-26-32(21-30(44)22-35(26)50-39(52)31-11-10-29(20-34(31)45)42(4,5)54)37-33-23-36(49-38(33)48-25-47-37)28-8-6-27(7-9-28)24-41(2,3)55-40(53)51-18-14-43(15-19-51)12-16-46-17-13-43/h6-11,20-23,25,46,54H,12-19,24H2,1-5H3,(H,50,52)(H,47,48,49). The minimum Gasteiger partial charge on any atom is -0.443 e. The van der Waals surface area contributed by atoms with E-state index in [9.17, 15) is 19.1 Å². The van der Waals surface area contributed by atoms with Gasteiger partial charge < -0.3 is 30.4 Å². The number of halogens is 2. The molecule has 3 aromatic carbocycles. The fraction of sp³-hybridized carbons (Fsp3) is 0.395. The molecule has 288 valence electrons. The van der Waals surface area contributed by atoms with Crippen molar-refractivity contribution in [1.29, 1.82) is 0 Å². The van der Waals surface area contributed by atoms with Crippen LogP contribution in [0.2, 0.25) is 0 Å². The Kier molecular flexibility index (Phi) is 10.2. The number of benzene rings is 3. The van der Waals surface area contributed by atoms with Crippen molar-refractivity contribution < 1.29 is 28.2 Å². The molecular weight excluding hydrogens is 703 g/mol. The Hall–Kier alpha value is -5.20. The second kappa shape index (κ2) is 14.8. The number of anilines is 1. The molecule has 0 atom stereocenters. The van der Waals surface area contributed by atoms with E-state index in [1.54, 1.807) is 6.92 Å². The summed E-state index contributed by atoms with van der Waals surface area (Å²) in [6.45, 7) is 12.2. The first-order chi connectivity index (χ1) is 26.1. The molecule has 2 aliphatic rings. The molecule has 1 spiro atoms. The van der Waals surface area contributed by atoms with Gasteiger partial charge in [0, 0.05) is 41.8 Å². The number of nitrogens with zero attached hydrogens (tertiary/aromatic N) is 3. The molecule has 0 saturated carbocycles. The van der Waals surface area contributed by atoms with E-state index in [0.29, 0.717) is 45.3 Å². The van der Waals surface area contributed by atoms with E-state index < -0.39 is 28.7 Å². The maximum absolute atomic E-state index is 15.1. The van der Waals surface area contributed by atoms with E-state index in [0.717, 1.165) is 61.9 Å². The van der Waals surface area contributed by atoms with Crippen molar-refractivity contribution in [2.45, 2.75) is 77.9 Å². The van der Waals surface area contributed by atoms with E-state index in [1.807, 2.05) is 49.1 Å². The predicted octanol–water partition coefficient (Wildman–Crippen LogP) is 8.28. The third kappa shape index (κ3) is 8.25. The minimum atomic E-state index is -1.28. The highest BCUT2D eigenvalue weighted by Crippen LogP contribution is 2.40. The lowest BCUT2D eigenvalue weighted by molar-refractivity contribution is -0.00257. The van der Waals surface area contributed by atoms with Crippen LogP contribution in [0.5, 0.6) is 0 Å². The Morgan fingerprint density at radius 3 is 2.33 bits per heavy atom. The van der Waals surface area contributed by atoms with Gasteiger partial charge in [0.15, 0.2) is 0 Å². The maximum Gasteiger partial charge on any atom is 0.410 e. The second-order valence-electron chi connectivity index (χ2n) is 16.2. The number of fused-ring (bicyclic) bond motifs is 1. The van der Waals surface area contributed by atoms with Gasteiger partial charge in [-0.25, -0.2) is 23.5 Å². The fourth-order valence-electron chi connectivity index (χ4n) is 7.89. The van der Waals surface area contributed by atoms with Crippen molar-refractivity contribution in [2.24, 2.45) is 5.41 Å². The number of H-pyrrole nitrogens is 1. The van der Waals surface area contributed by atoms with E-state index in [1.165, 1.54) is 57.3 Å². The average Bonchev–Trinajstić information content (AvgIpc) is 3.58. The molecule has 7 rings (SSSR count). The maximum atomic E-state index is 15.1. The van der Waals surface area contributed by atoms with Gasteiger partial charge in [0.05, 0.1) is 16.9 Å². The molecule has 5 aromatic rings. The fourth-order valence-corrected chi connectivity index (χ4v) is 7.89. The Bertz CT molecular complexity index is 2230. The highest BCUT2D eigenvalue weighted by Gasteiger charge is 2.38. The zero-order chi connectivity index (χ0) is 39.1. The van der Waals surface area contributed by atoms with Gasteiger partial charge >= 0.3 is 6.09 Å². The van der Waals surface area contributed by atoms with Crippen molar-refractivity contribution in [3.63, 3.8) is 0 Å². The van der Waals surface area contributed by atoms with Gasteiger partial charge in [0.25, 0.3) is 5.91 Å². The average molecular weight is 751 g/mol. The Morgan fingerprint density at radius 2 is 1.65 bits per heavy atom. The van der Waals surface area contributed by atoms with Crippen LogP contribution in [-0.2, 0) is 16.8 Å². The largest absolute Gasteiger partial charge is 0.443 e. The lowest BCUT2D eigenvalue weighted by atomic mass is 9.72. The molecule has 0 aliphatic carbocycles. The zero-order valence-electron chi connectivity index (χ0n) is 32.0. The lowest BCUT2D eigenvalue weighted by Crippen LogP contribution is -2.48. The summed E-state index contributed by atoms with van der Waals surface area (Å²) >= 11 is 0. The Labute approximate surface area is 319 Å². The van der Waals surface area contributed by atoms with Crippen LogP contribution in [0.3, 0.4) is 0 Å². The third-order valence-corrected chi connectivity index (χ3v) is 11.2. The number of piperidine rings is 2. The summed E-state index contributed by atoms with van der Waals surface area (Å²) in [6, 6.07) is 16.3. The molecule has 0 unspecified atom stereocenters. The number of carbonyl (C=O) groups is 2. The highest BCUT2D eigenvalue weighted by atomic mass is 19.1. The van der Waals surface area contributed by atoms with Crippen LogP contribution in [0.4, 0.5) is 19.3 Å². The number of carbonyl (C=O) groups excluding carboxylic acids is 2. The summed E-state index contributed by atoms with van der Waals surface area (Å²) < 4.78 is 36.1. The van der Waals surface area contributed by atoms with Crippen molar-refractivity contribution in [3.05, 3.63) is 101 Å². The van der Waals surface area contributed by atoms with Crippen molar-refractivity contribution in [2.75, 3.05) is 31.5 Å². The summed E-state index contributed by atoms with van der Waals surface area (Å²) in [5.41, 5.74) is 3.28. The normalized spacial score (nSPS) is 16.0. The number of aliphatic hydroxyl groups is 1. The molecule has 0 bridgehead atoms. The van der Waals surface area contributed by atoms with Gasteiger partial charge in [-0.05, 0) is 131 Å².